The van der Waals surface area contributed by atoms with E-state index >= 15 is 0 Å². The van der Waals surface area contributed by atoms with Crippen molar-refractivity contribution in [3.63, 3.8) is 0 Å². The van der Waals surface area contributed by atoms with Crippen molar-refractivity contribution in [1.82, 2.24) is 0 Å². The Balaban J connectivity index is 1.55. The Morgan fingerprint density at radius 2 is 1.52 bits per heavy atom. The second kappa shape index (κ2) is 8.02. The average molecular weight is 333 g/mol. The highest BCUT2D eigenvalue weighted by atomic mass is 16.5. The van der Waals surface area contributed by atoms with Crippen molar-refractivity contribution in [3.8, 4) is 17.2 Å². The number of anilines is 1. The maximum atomic E-state index is 12.0. The summed E-state index contributed by atoms with van der Waals surface area (Å²) in [6.07, 6.45) is 0. The van der Waals surface area contributed by atoms with Crippen LogP contribution in [0.4, 0.5) is 5.69 Å². The first-order valence-corrected chi connectivity index (χ1v) is 8.01. The molecule has 0 heterocycles. The molecule has 4 nitrogen and oxygen atoms in total. The molecule has 0 radical (unpaired) electrons. The monoisotopic (exact) mass is 333 g/mol. The van der Waals surface area contributed by atoms with Crippen molar-refractivity contribution in [2.75, 3.05) is 11.9 Å². The van der Waals surface area contributed by atoms with E-state index in [2.05, 4.69) is 5.32 Å². The van der Waals surface area contributed by atoms with Crippen LogP contribution in [-0.2, 0) is 4.79 Å². The second-order valence-corrected chi connectivity index (χ2v) is 5.59. The second-order valence-electron chi connectivity index (χ2n) is 5.59. The van der Waals surface area contributed by atoms with Crippen molar-refractivity contribution in [1.29, 1.82) is 0 Å². The summed E-state index contributed by atoms with van der Waals surface area (Å²) in [5.74, 6) is 1.77. The van der Waals surface area contributed by atoms with Gasteiger partial charge < -0.3 is 14.8 Å². The Kier molecular flexibility index (Phi) is 5.32. The van der Waals surface area contributed by atoms with Crippen LogP contribution in [0.1, 0.15) is 5.56 Å². The fourth-order valence-corrected chi connectivity index (χ4v) is 2.23. The molecule has 25 heavy (non-hydrogen) atoms. The summed E-state index contributed by atoms with van der Waals surface area (Å²) in [5.41, 5.74) is 1.89. The van der Waals surface area contributed by atoms with Crippen molar-refractivity contribution in [2.24, 2.45) is 0 Å². The number of para-hydroxylation sites is 1. The van der Waals surface area contributed by atoms with Gasteiger partial charge in [-0.25, -0.2) is 0 Å². The number of carbonyl (C=O) groups is 1. The van der Waals surface area contributed by atoms with E-state index in [9.17, 15) is 4.79 Å². The minimum absolute atomic E-state index is 0.0668. The van der Waals surface area contributed by atoms with Crippen LogP contribution in [0.5, 0.6) is 17.2 Å². The summed E-state index contributed by atoms with van der Waals surface area (Å²) in [6, 6.07) is 24.3. The van der Waals surface area contributed by atoms with Crippen molar-refractivity contribution in [2.45, 2.75) is 6.92 Å². The molecule has 3 aromatic rings. The molecule has 4 heteroatoms. The Morgan fingerprint density at radius 3 is 2.28 bits per heavy atom. The lowest BCUT2D eigenvalue weighted by Crippen LogP contribution is -2.20. The predicted molar refractivity (Wildman–Crippen MR) is 98.3 cm³/mol. The molecule has 0 saturated carbocycles. The zero-order chi connectivity index (χ0) is 17.5. The molecule has 0 fully saturated rings. The van der Waals surface area contributed by atoms with E-state index < -0.39 is 0 Å². The molecule has 0 aliphatic rings. The van der Waals surface area contributed by atoms with Gasteiger partial charge in [-0.1, -0.05) is 42.0 Å². The highest BCUT2D eigenvalue weighted by molar-refractivity contribution is 5.91. The Morgan fingerprint density at radius 1 is 0.840 bits per heavy atom. The lowest BCUT2D eigenvalue weighted by Gasteiger charge is -2.10. The third kappa shape index (κ3) is 5.11. The van der Waals surface area contributed by atoms with Gasteiger partial charge in [0.05, 0.1) is 0 Å². The van der Waals surface area contributed by atoms with Gasteiger partial charge >= 0.3 is 0 Å². The third-order valence-corrected chi connectivity index (χ3v) is 3.49. The average Bonchev–Trinajstić information content (AvgIpc) is 2.63. The van der Waals surface area contributed by atoms with E-state index in [4.69, 9.17) is 9.47 Å². The van der Waals surface area contributed by atoms with Crippen LogP contribution < -0.4 is 14.8 Å². The largest absolute Gasteiger partial charge is 0.484 e. The van der Waals surface area contributed by atoms with Crippen molar-refractivity contribution < 1.29 is 14.3 Å². The summed E-state index contributed by atoms with van der Waals surface area (Å²) in [5, 5.41) is 2.80. The van der Waals surface area contributed by atoms with Crippen LogP contribution in [0.3, 0.4) is 0 Å². The maximum Gasteiger partial charge on any atom is 0.262 e. The van der Waals surface area contributed by atoms with Crippen LogP contribution in [0, 0.1) is 6.92 Å². The summed E-state index contributed by atoms with van der Waals surface area (Å²) in [4.78, 5) is 12.0. The Labute approximate surface area is 147 Å². The summed E-state index contributed by atoms with van der Waals surface area (Å²) in [6.45, 7) is 1.93. The Bertz CT molecular complexity index is 829. The molecule has 0 aliphatic carbocycles. The van der Waals surface area contributed by atoms with E-state index in [-0.39, 0.29) is 12.5 Å². The molecule has 1 N–H and O–H groups in total. The van der Waals surface area contributed by atoms with Gasteiger partial charge in [-0.2, -0.15) is 0 Å². The zero-order valence-electron chi connectivity index (χ0n) is 13.9. The SMILES string of the molecule is Cc1ccc(NC(=O)COc2cccc(Oc3ccccc3)c2)cc1. The van der Waals surface area contributed by atoms with Crippen LogP contribution in [0.25, 0.3) is 0 Å². The van der Waals surface area contributed by atoms with Crippen LogP contribution >= 0.6 is 0 Å². The van der Waals surface area contributed by atoms with E-state index in [1.165, 1.54) is 0 Å². The first-order valence-electron chi connectivity index (χ1n) is 8.01. The lowest BCUT2D eigenvalue weighted by atomic mass is 10.2. The molecule has 126 valence electrons. The molecule has 1 amide bonds. The van der Waals surface area contributed by atoms with Gasteiger partial charge in [0.25, 0.3) is 5.91 Å². The molecule has 0 aliphatic heterocycles. The zero-order valence-corrected chi connectivity index (χ0v) is 13.9. The number of hydrogen-bond acceptors (Lipinski definition) is 3. The molecule has 0 unspecified atom stereocenters. The van der Waals surface area contributed by atoms with Gasteiger partial charge in [0.15, 0.2) is 6.61 Å². The highest BCUT2D eigenvalue weighted by Crippen LogP contribution is 2.25. The van der Waals surface area contributed by atoms with Gasteiger partial charge in [-0.3, -0.25) is 4.79 Å². The molecular weight excluding hydrogens is 314 g/mol. The number of benzene rings is 3. The van der Waals surface area contributed by atoms with Gasteiger partial charge in [0, 0.05) is 11.8 Å². The highest BCUT2D eigenvalue weighted by Gasteiger charge is 2.05. The minimum atomic E-state index is -0.210. The molecule has 0 spiro atoms. The molecular formula is C21H19NO3. The number of ether oxygens (including phenoxy) is 2. The number of amides is 1. The Hall–Kier alpha value is -3.27. The van der Waals surface area contributed by atoms with E-state index in [1.807, 2.05) is 73.7 Å². The van der Waals surface area contributed by atoms with Gasteiger partial charge in [0.2, 0.25) is 0 Å². The molecule has 0 saturated heterocycles. The van der Waals surface area contributed by atoms with Gasteiger partial charge in [0.1, 0.15) is 17.2 Å². The predicted octanol–water partition coefficient (Wildman–Crippen LogP) is 4.80. The molecule has 3 aromatic carbocycles. The first kappa shape index (κ1) is 16.6. The fraction of sp³-hybridized carbons (Fsp3) is 0.0952. The fourth-order valence-electron chi connectivity index (χ4n) is 2.23. The smallest absolute Gasteiger partial charge is 0.262 e. The first-order chi connectivity index (χ1) is 12.2. The minimum Gasteiger partial charge on any atom is -0.484 e. The summed E-state index contributed by atoms with van der Waals surface area (Å²) in [7, 11) is 0. The summed E-state index contributed by atoms with van der Waals surface area (Å²) < 4.78 is 11.3. The topological polar surface area (TPSA) is 47.6 Å². The number of hydrogen-bond donors (Lipinski definition) is 1. The van der Waals surface area contributed by atoms with Crippen molar-refractivity contribution in [3.05, 3.63) is 84.4 Å². The molecule has 0 atom stereocenters. The lowest BCUT2D eigenvalue weighted by molar-refractivity contribution is -0.118. The van der Waals surface area contributed by atoms with E-state index in [0.717, 1.165) is 17.0 Å². The number of aryl methyl sites for hydroxylation is 1. The van der Waals surface area contributed by atoms with Crippen LogP contribution in [0.2, 0.25) is 0 Å². The van der Waals surface area contributed by atoms with E-state index in [0.29, 0.717) is 11.5 Å². The van der Waals surface area contributed by atoms with Crippen LogP contribution in [0.15, 0.2) is 78.9 Å². The third-order valence-electron chi connectivity index (χ3n) is 3.49. The quantitative estimate of drug-likeness (QED) is 0.704. The maximum absolute atomic E-state index is 12.0. The number of nitrogens with one attached hydrogen (secondary N) is 1. The standard InChI is InChI=1S/C21H19NO3/c1-16-10-12-17(13-11-16)22-21(23)15-24-19-8-5-9-20(14-19)25-18-6-3-2-4-7-18/h2-14H,15H2,1H3,(H,22,23). The molecule has 0 aromatic heterocycles. The number of rotatable bonds is 6. The normalized spacial score (nSPS) is 10.1. The molecule has 0 bridgehead atoms. The van der Waals surface area contributed by atoms with E-state index in [1.54, 1.807) is 12.1 Å². The summed E-state index contributed by atoms with van der Waals surface area (Å²) >= 11 is 0. The van der Waals surface area contributed by atoms with Crippen LogP contribution in [-0.4, -0.2) is 12.5 Å². The van der Waals surface area contributed by atoms with Crippen molar-refractivity contribution >= 4 is 11.6 Å². The molecule has 3 rings (SSSR count). The van der Waals surface area contributed by atoms with Gasteiger partial charge in [-0.05, 0) is 43.3 Å². The van der Waals surface area contributed by atoms with Gasteiger partial charge in [-0.15, -0.1) is 0 Å². The number of carbonyl (C=O) groups excluding carboxylic acids is 1.